The predicted molar refractivity (Wildman–Crippen MR) is 111 cm³/mol. The van der Waals surface area contributed by atoms with Crippen molar-refractivity contribution in [1.82, 2.24) is 0 Å². The Hall–Kier alpha value is -2.36. The predicted octanol–water partition coefficient (Wildman–Crippen LogP) is 4.99. The van der Waals surface area contributed by atoms with Gasteiger partial charge in [0.1, 0.15) is 5.67 Å². The number of alkyl halides is 1. The Morgan fingerprint density at radius 3 is 2.44 bits per heavy atom. The molecule has 3 N–H and O–H groups in total. The minimum atomic E-state index is -1.39. The second-order valence-electron chi connectivity index (χ2n) is 8.21. The van der Waals surface area contributed by atoms with Crippen molar-refractivity contribution in [3.8, 4) is 0 Å². The summed E-state index contributed by atoms with van der Waals surface area (Å²) in [6, 6.07) is 16.3. The Morgan fingerprint density at radius 2 is 1.85 bits per heavy atom. The van der Waals surface area contributed by atoms with Gasteiger partial charge in [-0.2, -0.15) is 0 Å². The van der Waals surface area contributed by atoms with Crippen molar-refractivity contribution in [1.29, 1.82) is 5.41 Å². The molecule has 0 aromatic heterocycles. The van der Waals surface area contributed by atoms with Crippen LogP contribution in [0.3, 0.4) is 0 Å². The summed E-state index contributed by atoms with van der Waals surface area (Å²) in [6.45, 7) is 8.95. The Balaban J connectivity index is 1.98. The number of hydrogen-bond acceptors (Lipinski definition) is 2. The van der Waals surface area contributed by atoms with Crippen LogP contribution in [0.1, 0.15) is 43.4 Å². The van der Waals surface area contributed by atoms with E-state index in [0.29, 0.717) is 6.54 Å². The van der Waals surface area contributed by atoms with Crippen LogP contribution in [-0.2, 0) is 5.67 Å². The number of halogens is 1. The fraction of sp³-hybridized carbons (Fsp3) is 0.435. The van der Waals surface area contributed by atoms with Crippen LogP contribution in [-0.4, -0.2) is 18.9 Å². The number of benzene rings is 2. The average Bonchev–Trinajstić information content (AvgIpc) is 3.08. The summed E-state index contributed by atoms with van der Waals surface area (Å²) in [5.74, 6) is 0.113. The number of rotatable bonds is 5. The smallest absolute Gasteiger partial charge is 0.135 e. The number of nitrogens with one attached hydrogen (secondary N) is 1. The van der Waals surface area contributed by atoms with Crippen molar-refractivity contribution in [3.63, 3.8) is 0 Å². The van der Waals surface area contributed by atoms with E-state index < -0.39 is 5.67 Å². The summed E-state index contributed by atoms with van der Waals surface area (Å²) < 4.78 is 15.4. The van der Waals surface area contributed by atoms with Gasteiger partial charge in [-0.05, 0) is 48.6 Å². The van der Waals surface area contributed by atoms with Crippen LogP contribution in [0.2, 0.25) is 0 Å². The summed E-state index contributed by atoms with van der Waals surface area (Å²) in [5, 5.41) is 8.09. The standard InChI is InChI=1S/C23H30FN3/c1-15(2)23(4,24)21-12-17(11-10-16(21)3)19-13-27(14-20(19)22(25)26)18-8-6-5-7-9-18/h5-12,15,19-20H,13-14H2,1-4H3,(H3,25,26). The molecule has 1 saturated heterocycles. The highest BCUT2D eigenvalue weighted by molar-refractivity contribution is 5.82. The van der Waals surface area contributed by atoms with Crippen molar-refractivity contribution >= 4 is 11.5 Å². The van der Waals surface area contributed by atoms with Crippen LogP contribution >= 0.6 is 0 Å². The average molecular weight is 368 g/mol. The number of nitrogens with two attached hydrogens (primary N) is 1. The topological polar surface area (TPSA) is 53.1 Å². The molecule has 144 valence electrons. The molecule has 0 bridgehead atoms. The molecule has 0 aliphatic carbocycles. The van der Waals surface area contributed by atoms with Crippen LogP contribution in [0.15, 0.2) is 48.5 Å². The van der Waals surface area contributed by atoms with Gasteiger partial charge in [-0.25, -0.2) is 4.39 Å². The lowest BCUT2D eigenvalue weighted by Gasteiger charge is -2.28. The molecule has 3 unspecified atom stereocenters. The number of hydrogen-bond donors (Lipinski definition) is 2. The van der Waals surface area contributed by atoms with Gasteiger partial charge in [0.2, 0.25) is 0 Å². The van der Waals surface area contributed by atoms with Crippen molar-refractivity contribution in [2.24, 2.45) is 17.6 Å². The summed E-state index contributed by atoms with van der Waals surface area (Å²) in [7, 11) is 0. The molecule has 3 rings (SSSR count). The highest BCUT2D eigenvalue weighted by Crippen LogP contribution is 2.40. The molecule has 27 heavy (non-hydrogen) atoms. The molecular weight excluding hydrogens is 337 g/mol. The second-order valence-corrected chi connectivity index (χ2v) is 8.21. The number of anilines is 1. The SMILES string of the molecule is Cc1ccc(C2CN(c3ccccc3)CC2C(=N)N)cc1C(C)(F)C(C)C. The third-order valence-electron chi connectivity index (χ3n) is 6.14. The number of aryl methyl sites for hydroxylation is 1. The van der Waals surface area contributed by atoms with Crippen molar-refractivity contribution in [2.45, 2.75) is 39.3 Å². The zero-order valence-corrected chi connectivity index (χ0v) is 16.7. The van der Waals surface area contributed by atoms with E-state index in [1.54, 1.807) is 6.92 Å². The first kappa shape index (κ1) is 19.4. The zero-order valence-electron chi connectivity index (χ0n) is 16.7. The first-order valence-electron chi connectivity index (χ1n) is 9.65. The van der Waals surface area contributed by atoms with Crippen molar-refractivity contribution < 1.29 is 4.39 Å². The van der Waals surface area contributed by atoms with E-state index in [0.717, 1.165) is 28.9 Å². The van der Waals surface area contributed by atoms with E-state index in [2.05, 4.69) is 23.1 Å². The van der Waals surface area contributed by atoms with Gasteiger partial charge < -0.3 is 10.6 Å². The Labute approximate surface area is 161 Å². The van der Waals surface area contributed by atoms with Gasteiger partial charge in [0.25, 0.3) is 0 Å². The number of amidine groups is 1. The minimum Gasteiger partial charge on any atom is -0.387 e. The molecule has 2 aromatic rings. The summed E-state index contributed by atoms with van der Waals surface area (Å²) in [4.78, 5) is 2.27. The van der Waals surface area contributed by atoms with E-state index in [4.69, 9.17) is 11.1 Å². The van der Waals surface area contributed by atoms with Gasteiger partial charge in [-0.3, -0.25) is 5.41 Å². The lowest BCUT2D eigenvalue weighted by atomic mass is 9.80. The molecule has 0 saturated carbocycles. The molecule has 1 aliphatic rings. The van der Waals surface area contributed by atoms with Gasteiger partial charge >= 0.3 is 0 Å². The summed E-state index contributed by atoms with van der Waals surface area (Å²) in [5.41, 5.74) is 8.48. The van der Waals surface area contributed by atoms with Gasteiger partial charge in [-0.1, -0.05) is 50.2 Å². The zero-order chi connectivity index (χ0) is 19.8. The number of para-hydroxylation sites is 1. The van der Waals surface area contributed by atoms with Gasteiger partial charge in [0.05, 0.1) is 5.84 Å². The first-order valence-corrected chi connectivity index (χ1v) is 9.65. The van der Waals surface area contributed by atoms with Gasteiger partial charge in [0.15, 0.2) is 0 Å². The van der Waals surface area contributed by atoms with Crippen LogP contribution in [0.4, 0.5) is 10.1 Å². The van der Waals surface area contributed by atoms with E-state index in [9.17, 15) is 0 Å². The molecule has 0 radical (unpaired) electrons. The molecule has 0 amide bonds. The molecule has 2 aromatic carbocycles. The van der Waals surface area contributed by atoms with E-state index in [1.807, 2.05) is 51.1 Å². The highest BCUT2D eigenvalue weighted by Gasteiger charge is 2.38. The first-order chi connectivity index (χ1) is 12.7. The van der Waals surface area contributed by atoms with Crippen molar-refractivity contribution in [2.75, 3.05) is 18.0 Å². The maximum Gasteiger partial charge on any atom is 0.135 e. The lowest BCUT2D eigenvalue weighted by molar-refractivity contribution is 0.122. The van der Waals surface area contributed by atoms with E-state index in [1.165, 1.54) is 0 Å². The quantitative estimate of drug-likeness (QED) is 0.578. The van der Waals surface area contributed by atoms with Crippen LogP contribution < -0.4 is 10.6 Å². The molecular formula is C23H30FN3. The summed E-state index contributed by atoms with van der Waals surface area (Å²) in [6.07, 6.45) is 0. The van der Waals surface area contributed by atoms with Crippen molar-refractivity contribution in [3.05, 3.63) is 65.2 Å². The molecule has 0 spiro atoms. The third-order valence-corrected chi connectivity index (χ3v) is 6.14. The Morgan fingerprint density at radius 1 is 1.19 bits per heavy atom. The largest absolute Gasteiger partial charge is 0.387 e. The summed E-state index contributed by atoms with van der Waals surface area (Å²) >= 11 is 0. The lowest BCUT2D eigenvalue weighted by Crippen LogP contribution is -2.29. The Kier molecular flexibility index (Phi) is 5.27. The maximum absolute atomic E-state index is 15.4. The molecule has 1 heterocycles. The fourth-order valence-corrected chi connectivity index (χ4v) is 4.01. The highest BCUT2D eigenvalue weighted by atomic mass is 19.1. The molecule has 3 nitrogen and oxygen atoms in total. The number of nitrogens with zero attached hydrogens (tertiary/aromatic N) is 1. The monoisotopic (exact) mass is 367 g/mol. The normalized spacial score (nSPS) is 22.1. The molecule has 3 atom stereocenters. The van der Waals surface area contributed by atoms with Crippen LogP contribution in [0.5, 0.6) is 0 Å². The maximum atomic E-state index is 15.4. The fourth-order valence-electron chi connectivity index (χ4n) is 4.01. The third kappa shape index (κ3) is 3.71. The van der Waals surface area contributed by atoms with E-state index >= 15 is 4.39 Å². The van der Waals surface area contributed by atoms with Crippen LogP contribution in [0, 0.1) is 24.2 Å². The second kappa shape index (κ2) is 7.34. The van der Waals surface area contributed by atoms with Gasteiger partial charge in [-0.15, -0.1) is 0 Å². The van der Waals surface area contributed by atoms with E-state index in [-0.39, 0.29) is 23.6 Å². The van der Waals surface area contributed by atoms with Gasteiger partial charge in [0, 0.05) is 30.6 Å². The minimum absolute atomic E-state index is 0.0642. The Bertz CT molecular complexity index is 814. The molecule has 1 aliphatic heterocycles. The molecule has 4 heteroatoms. The molecule has 1 fully saturated rings. The van der Waals surface area contributed by atoms with Crippen LogP contribution in [0.25, 0.3) is 0 Å².